The molecule has 0 spiro atoms. The Balaban J connectivity index is 1.86. The lowest BCUT2D eigenvalue weighted by Gasteiger charge is -2.25. The third kappa shape index (κ3) is 3.94. The molecule has 0 aliphatic carbocycles. The zero-order valence-corrected chi connectivity index (χ0v) is 17.2. The average molecular weight is 396 g/mol. The van der Waals surface area contributed by atoms with Crippen LogP contribution in [0.25, 0.3) is 0 Å². The third-order valence-electron chi connectivity index (χ3n) is 4.72. The fraction of sp³-hybridized carbons (Fsp3) is 0.318. The molecule has 3 rings (SSSR count). The first-order valence-corrected chi connectivity index (χ1v) is 9.11. The van der Waals surface area contributed by atoms with E-state index >= 15 is 0 Å². The van der Waals surface area contributed by atoms with Gasteiger partial charge in [-0.3, -0.25) is 19.5 Å². The normalized spacial score (nSPS) is 13.8. The Morgan fingerprint density at radius 3 is 1.90 bits per heavy atom. The van der Waals surface area contributed by atoms with Crippen LogP contribution in [0, 0.1) is 0 Å². The maximum Gasteiger partial charge on any atom is 0.261 e. The summed E-state index contributed by atoms with van der Waals surface area (Å²) < 4.78 is 16.1. The molecule has 0 atom stereocenters. The summed E-state index contributed by atoms with van der Waals surface area (Å²) in [5.74, 6) is 1.09. The number of ether oxygens (including phenoxy) is 3. The van der Waals surface area contributed by atoms with Crippen molar-refractivity contribution in [2.45, 2.75) is 19.4 Å². The molecule has 0 N–H and O–H groups in total. The average Bonchev–Trinajstić information content (AvgIpc) is 2.96. The number of fused-ring (bicyclic) bond motifs is 1. The van der Waals surface area contributed by atoms with Gasteiger partial charge in [0.15, 0.2) is 0 Å². The van der Waals surface area contributed by atoms with Gasteiger partial charge in [0.25, 0.3) is 11.8 Å². The van der Waals surface area contributed by atoms with Gasteiger partial charge in [0, 0.05) is 18.3 Å². The molecule has 29 heavy (non-hydrogen) atoms. The lowest BCUT2D eigenvalue weighted by Crippen LogP contribution is -2.41. The van der Waals surface area contributed by atoms with Crippen LogP contribution in [-0.4, -0.2) is 56.3 Å². The summed E-state index contributed by atoms with van der Waals surface area (Å²) in [6.07, 6.45) is 1.63. The van der Waals surface area contributed by atoms with Crippen LogP contribution in [0.15, 0.2) is 41.4 Å². The smallest absolute Gasteiger partial charge is 0.261 e. The quantitative estimate of drug-likeness (QED) is 0.531. The van der Waals surface area contributed by atoms with Crippen LogP contribution >= 0.6 is 0 Å². The van der Waals surface area contributed by atoms with Gasteiger partial charge < -0.3 is 14.2 Å². The number of rotatable bonds is 7. The zero-order valence-electron chi connectivity index (χ0n) is 17.2. The number of hydrogen-bond donors (Lipinski definition) is 0. The van der Waals surface area contributed by atoms with Crippen molar-refractivity contribution in [3.63, 3.8) is 0 Å². The van der Waals surface area contributed by atoms with Crippen molar-refractivity contribution < 1.29 is 23.8 Å². The molecule has 2 amide bonds. The number of aliphatic imine (C=N–C) groups is 1. The molecule has 0 saturated heterocycles. The van der Waals surface area contributed by atoms with E-state index < -0.39 is 5.54 Å². The van der Waals surface area contributed by atoms with Gasteiger partial charge in [-0.25, -0.2) is 0 Å². The summed E-state index contributed by atoms with van der Waals surface area (Å²) in [5, 5.41) is 0. The van der Waals surface area contributed by atoms with E-state index in [1.54, 1.807) is 63.9 Å². The first-order chi connectivity index (χ1) is 13.8. The molecule has 0 bridgehead atoms. The summed E-state index contributed by atoms with van der Waals surface area (Å²) >= 11 is 0. The van der Waals surface area contributed by atoms with Crippen molar-refractivity contribution in [2.75, 3.05) is 27.9 Å². The molecule has 1 aliphatic heterocycles. The predicted octanol–water partition coefficient (Wildman–Crippen LogP) is 3.21. The van der Waals surface area contributed by atoms with Gasteiger partial charge in [-0.2, -0.15) is 0 Å². The number of carbonyl (C=O) groups excluding carboxylic acids is 2. The standard InChI is InChI=1S/C22H24N2O5/c1-22(2,13-24-20(25)15-8-6-7-9-16(15)21(24)26)23-12-17-18(28-4)10-14(27-3)11-19(17)29-5/h6-12H,13H2,1-5H3. The van der Waals surface area contributed by atoms with Gasteiger partial charge in [-0.05, 0) is 26.0 Å². The van der Waals surface area contributed by atoms with Gasteiger partial charge in [0.1, 0.15) is 17.2 Å². The minimum absolute atomic E-state index is 0.149. The van der Waals surface area contributed by atoms with Crippen molar-refractivity contribution in [2.24, 2.45) is 4.99 Å². The highest BCUT2D eigenvalue weighted by Gasteiger charge is 2.38. The van der Waals surface area contributed by atoms with Gasteiger partial charge in [-0.15, -0.1) is 0 Å². The van der Waals surface area contributed by atoms with Crippen LogP contribution in [0.3, 0.4) is 0 Å². The van der Waals surface area contributed by atoms with Crippen molar-refractivity contribution in [1.82, 2.24) is 4.90 Å². The molecule has 7 heteroatoms. The lowest BCUT2D eigenvalue weighted by molar-refractivity contribution is 0.0626. The van der Waals surface area contributed by atoms with Gasteiger partial charge in [-0.1, -0.05) is 12.1 Å². The number of carbonyl (C=O) groups is 2. The second-order valence-corrected chi connectivity index (χ2v) is 7.26. The first-order valence-electron chi connectivity index (χ1n) is 9.11. The molecule has 0 radical (unpaired) electrons. The highest BCUT2D eigenvalue weighted by molar-refractivity contribution is 6.21. The largest absolute Gasteiger partial charge is 0.496 e. The molecule has 2 aromatic rings. The van der Waals surface area contributed by atoms with Crippen LogP contribution in [0.1, 0.15) is 40.1 Å². The van der Waals surface area contributed by atoms with Crippen molar-refractivity contribution in [3.8, 4) is 17.2 Å². The maximum absolute atomic E-state index is 12.6. The topological polar surface area (TPSA) is 77.4 Å². The summed E-state index contributed by atoms with van der Waals surface area (Å²) in [7, 11) is 4.66. The van der Waals surface area contributed by atoms with Gasteiger partial charge in [0.2, 0.25) is 0 Å². The minimum Gasteiger partial charge on any atom is -0.496 e. The summed E-state index contributed by atoms with van der Waals surface area (Å²) in [6, 6.07) is 10.3. The Morgan fingerprint density at radius 2 is 1.45 bits per heavy atom. The van der Waals surface area contributed by atoms with Gasteiger partial charge >= 0.3 is 0 Å². The summed E-state index contributed by atoms with van der Waals surface area (Å²) in [5.41, 5.74) is 0.779. The molecule has 2 aromatic carbocycles. The van der Waals surface area contributed by atoms with E-state index in [9.17, 15) is 9.59 Å². The number of imide groups is 1. The number of hydrogen-bond acceptors (Lipinski definition) is 6. The van der Waals surface area contributed by atoms with Crippen LogP contribution in [0.4, 0.5) is 0 Å². The van der Waals surface area contributed by atoms with E-state index in [-0.39, 0.29) is 18.4 Å². The molecule has 0 fully saturated rings. The summed E-state index contributed by atoms with van der Waals surface area (Å²) in [4.78, 5) is 31.1. The van der Waals surface area contributed by atoms with E-state index in [4.69, 9.17) is 14.2 Å². The number of amides is 2. The monoisotopic (exact) mass is 396 g/mol. The van der Waals surface area contributed by atoms with Crippen LogP contribution in [0.2, 0.25) is 0 Å². The molecular weight excluding hydrogens is 372 g/mol. The first kappa shape index (κ1) is 20.4. The summed E-state index contributed by atoms with van der Waals surface area (Å²) in [6.45, 7) is 3.86. The molecule has 0 saturated carbocycles. The van der Waals surface area contributed by atoms with E-state index in [0.717, 1.165) is 0 Å². The Bertz CT molecular complexity index is 921. The van der Waals surface area contributed by atoms with Crippen LogP contribution < -0.4 is 14.2 Å². The zero-order chi connectivity index (χ0) is 21.2. The molecule has 1 heterocycles. The Hall–Kier alpha value is -3.35. The fourth-order valence-electron chi connectivity index (χ4n) is 3.21. The fourth-order valence-corrected chi connectivity index (χ4v) is 3.21. The van der Waals surface area contributed by atoms with Crippen molar-refractivity contribution in [1.29, 1.82) is 0 Å². The molecule has 0 unspecified atom stereocenters. The minimum atomic E-state index is -0.719. The van der Waals surface area contributed by atoms with E-state index in [2.05, 4.69) is 4.99 Å². The maximum atomic E-state index is 12.6. The number of benzene rings is 2. The van der Waals surface area contributed by atoms with Crippen LogP contribution in [-0.2, 0) is 0 Å². The predicted molar refractivity (Wildman–Crippen MR) is 110 cm³/mol. The SMILES string of the molecule is COc1cc(OC)c(C=NC(C)(C)CN2C(=O)c3ccccc3C2=O)c(OC)c1. The lowest BCUT2D eigenvalue weighted by atomic mass is 10.1. The Labute approximate surface area is 169 Å². The molecular formula is C22H24N2O5. The number of methoxy groups -OCH3 is 3. The van der Waals surface area contributed by atoms with E-state index in [1.165, 1.54) is 4.90 Å². The van der Waals surface area contributed by atoms with Crippen molar-refractivity contribution >= 4 is 18.0 Å². The number of nitrogens with zero attached hydrogens (tertiary/aromatic N) is 2. The highest BCUT2D eigenvalue weighted by atomic mass is 16.5. The Morgan fingerprint density at radius 1 is 0.931 bits per heavy atom. The molecule has 0 aromatic heterocycles. The molecule has 1 aliphatic rings. The Kier molecular flexibility index (Phi) is 5.59. The second kappa shape index (κ2) is 7.95. The van der Waals surface area contributed by atoms with E-state index in [1.807, 2.05) is 13.8 Å². The van der Waals surface area contributed by atoms with Crippen molar-refractivity contribution in [3.05, 3.63) is 53.1 Å². The van der Waals surface area contributed by atoms with Gasteiger partial charge in [0.05, 0.1) is 50.1 Å². The van der Waals surface area contributed by atoms with Crippen LogP contribution in [0.5, 0.6) is 17.2 Å². The third-order valence-corrected chi connectivity index (χ3v) is 4.72. The molecule has 7 nitrogen and oxygen atoms in total. The highest BCUT2D eigenvalue weighted by Crippen LogP contribution is 2.33. The van der Waals surface area contributed by atoms with E-state index in [0.29, 0.717) is 33.9 Å². The second-order valence-electron chi connectivity index (χ2n) is 7.26. The molecule has 152 valence electrons.